The summed E-state index contributed by atoms with van der Waals surface area (Å²) in [7, 11) is 0. The molecule has 1 unspecified atom stereocenters. The molecule has 1 aromatic carbocycles. The van der Waals surface area contributed by atoms with Crippen LogP contribution in [0.3, 0.4) is 0 Å². The molecule has 0 bridgehead atoms. The van der Waals surface area contributed by atoms with E-state index >= 15 is 0 Å². The van der Waals surface area contributed by atoms with Crippen molar-refractivity contribution in [1.82, 2.24) is 9.55 Å². The second-order valence-corrected chi connectivity index (χ2v) is 5.19. The van der Waals surface area contributed by atoms with Crippen molar-refractivity contribution >= 4 is 16.7 Å². The Bertz CT molecular complexity index is 523. The molecular formula is C14H19N3. The number of imidazole rings is 1. The first-order valence-electron chi connectivity index (χ1n) is 6.48. The largest absolute Gasteiger partial charge is 0.399 e. The van der Waals surface area contributed by atoms with Gasteiger partial charge in [0.1, 0.15) is 0 Å². The number of hydrogen-bond donors (Lipinski definition) is 1. The van der Waals surface area contributed by atoms with E-state index in [1.54, 1.807) is 0 Å². The quantitative estimate of drug-likeness (QED) is 0.802. The van der Waals surface area contributed by atoms with Gasteiger partial charge in [-0.25, -0.2) is 4.98 Å². The molecule has 0 spiro atoms. The molecule has 1 aliphatic carbocycles. The summed E-state index contributed by atoms with van der Waals surface area (Å²) in [6, 6.07) is 6.55. The summed E-state index contributed by atoms with van der Waals surface area (Å²) in [6.45, 7) is 2.31. The van der Waals surface area contributed by atoms with E-state index in [-0.39, 0.29) is 0 Å². The molecular weight excluding hydrogens is 210 g/mol. The number of anilines is 1. The lowest BCUT2D eigenvalue weighted by Crippen LogP contribution is -2.13. The van der Waals surface area contributed by atoms with Crippen LogP contribution in [-0.4, -0.2) is 9.55 Å². The average molecular weight is 229 g/mol. The minimum atomic E-state index is 0.547. The topological polar surface area (TPSA) is 43.8 Å². The van der Waals surface area contributed by atoms with Crippen molar-refractivity contribution in [2.45, 2.75) is 38.6 Å². The Hall–Kier alpha value is -1.51. The first-order chi connectivity index (χ1) is 8.25. The lowest BCUT2D eigenvalue weighted by molar-refractivity contribution is 0.367. The Balaban J connectivity index is 1.99. The van der Waals surface area contributed by atoms with Gasteiger partial charge in [-0.2, -0.15) is 0 Å². The van der Waals surface area contributed by atoms with Crippen LogP contribution < -0.4 is 5.73 Å². The van der Waals surface area contributed by atoms with Gasteiger partial charge in [-0.05, 0) is 43.9 Å². The van der Waals surface area contributed by atoms with Crippen molar-refractivity contribution in [3.63, 3.8) is 0 Å². The molecule has 0 amide bonds. The standard InChI is InChI=1S/C14H19N3/c1-10(11-4-2-3-5-11)17-9-16-13-8-12(15)6-7-14(13)17/h6-11H,2-5,15H2,1H3. The van der Waals surface area contributed by atoms with Crippen molar-refractivity contribution in [2.24, 2.45) is 5.92 Å². The second kappa shape index (κ2) is 4.06. The number of benzene rings is 1. The smallest absolute Gasteiger partial charge is 0.0960 e. The van der Waals surface area contributed by atoms with Gasteiger partial charge >= 0.3 is 0 Å². The number of nitrogens with zero attached hydrogens (tertiary/aromatic N) is 2. The molecule has 3 nitrogen and oxygen atoms in total. The number of aromatic nitrogens is 2. The number of fused-ring (bicyclic) bond motifs is 1. The zero-order valence-electron chi connectivity index (χ0n) is 10.3. The molecule has 1 saturated carbocycles. The fourth-order valence-corrected chi connectivity index (χ4v) is 3.04. The van der Waals surface area contributed by atoms with Crippen LogP contribution in [0.2, 0.25) is 0 Å². The van der Waals surface area contributed by atoms with E-state index in [9.17, 15) is 0 Å². The van der Waals surface area contributed by atoms with Gasteiger partial charge in [-0.1, -0.05) is 12.8 Å². The summed E-state index contributed by atoms with van der Waals surface area (Å²) in [5, 5.41) is 0. The zero-order valence-corrected chi connectivity index (χ0v) is 10.3. The highest BCUT2D eigenvalue weighted by Crippen LogP contribution is 2.35. The molecule has 1 aliphatic rings. The van der Waals surface area contributed by atoms with Gasteiger partial charge in [0.15, 0.2) is 0 Å². The number of nitrogen functional groups attached to an aromatic ring is 1. The van der Waals surface area contributed by atoms with Crippen LogP contribution in [-0.2, 0) is 0 Å². The maximum Gasteiger partial charge on any atom is 0.0960 e. The summed E-state index contributed by atoms with van der Waals surface area (Å²) < 4.78 is 2.31. The van der Waals surface area contributed by atoms with Crippen LogP contribution in [0.15, 0.2) is 24.5 Å². The fraction of sp³-hybridized carbons (Fsp3) is 0.500. The van der Waals surface area contributed by atoms with Crippen molar-refractivity contribution in [1.29, 1.82) is 0 Å². The van der Waals surface area contributed by atoms with Gasteiger partial charge < -0.3 is 10.3 Å². The Kier molecular flexibility index (Phi) is 2.54. The van der Waals surface area contributed by atoms with Crippen LogP contribution in [0.4, 0.5) is 5.69 Å². The maximum atomic E-state index is 5.78. The van der Waals surface area contributed by atoms with Gasteiger partial charge in [0.25, 0.3) is 0 Å². The second-order valence-electron chi connectivity index (χ2n) is 5.19. The number of rotatable bonds is 2. The summed E-state index contributed by atoms with van der Waals surface area (Å²) in [5.74, 6) is 0.810. The van der Waals surface area contributed by atoms with Crippen molar-refractivity contribution in [2.75, 3.05) is 5.73 Å². The monoisotopic (exact) mass is 229 g/mol. The Morgan fingerprint density at radius 3 is 2.88 bits per heavy atom. The van der Waals surface area contributed by atoms with Crippen LogP contribution >= 0.6 is 0 Å². The lowest BCUT2D eigenvalue weighted by Gasteiger charge is -2.21. The van der Waals surface area contributed by atoms with E-state index in [0.29, 0.717) is 6.04 Å². The summed E-state index contributed by atoms with van der Waals surface area (Å²) in [6.07, 6.45) is 7.45. The molecule has 1 aromatic heterocycles. The zero-order chi connectivity index (χ0) is 11.8. The minimum Gasteiger partial charge on any atom is -0.399 e. The predicted molar refractivity (Wildman–Crippen MR) is 70.8 cm³/mol. The molecule has 1 heterocycles. The molecule has 1 fully saturated rings. The first kappa shape index (κ1) is 10.6. The van der Waals surface area contributed by atoms with Crippen molar-refractivity contribution < 1.29 is 0 Å². The normalized spacial score (nSPS) is 18.9. The van der Waals surface area contributed by atoms with E-state index in [1.807, 2.05) is 18.5 Å². The molecule has 3 rings (SSSR count). The van der Waals surface area contributed by atoms with Gasteiger partial charge in [-0.15, -0.1) is 0 Å². The van der Waals surface area contributed by atoms with Crippen molar-refractivity contribution in [3.05, 3.63) is 24.5 Å². The third-order valence-corrected chi connectivity index (χ3v) is 4.12. The highest BCUT2D eigenvalue weighted by molar-refractivity contribution is 5.79. The van der Waals surface area contributed by atoms with Gasteiger partial charge in [0.05, 0.1) is 17.4 Å². The fourth-order valence-electron chi connectivity index (χ4n) is 3.04. The lowest BCUT2D eigenvalue weighted by atomic mass is 9.99. The molecule has 90 valence electrons. The van der Waals surface area contributed by atoms with Gasteiger partial charge in [0.2, 0.25) is 0 Å². The Morgan fingerprint density at radius 2 is 2.12 bits per heavy atom. The molecule has 1 atom stereocenters. The highest BCUT2D eigenvalue weighted by atomic mass is 15.1. The molecule has 0 radical (unpaired) electrons. The van der Waals surface area contributed by atoms with E-state index < -0.39 is 0 Å². The number of nitrogens with two attached hydrogens (primary N) is 1. The molecule has 17 heavy (non-hydrogen) atoms. The van der Waals surface area contributed by atoms with Gasteiger partial charge in [0, 0.05) is 11.7 Å². The summed E-state index contributed by atoms with van der Waals surface area (Å²) >= 11 is 0. The molecule has 2 N–H and O–H groups in total. The van der Waals surface area contributed by atoms with E-state index in [1.165, 1.54) is 31.2 Å². The molecule has 2 aromatic rings. The summed E-state index contributed by atoms with van der Waals surface area (Å²) in [5.41, 5.74) is 8.79. The van der Waals surface area contributed by atoms with Crippen LogP contribution in [0.1, 0.15) is 38.6 Å². The van der Waals surface area contributed by atoms with Crippen molar-refractivity contribution in [3.8, 4) is 0 Å². The SMILES string of the molecule is CC(C1CCCC1)n1cnc2cc(N)ccc21. The van der Waals surface area contributed by atoms with Crippen LogP contribution in [0.5, 0.6) is 0 Å². The third-order valence-electron chi connectivity index (χ3n) is 4.12. The minimum absolute atomic E-state index is 0.547. The van der Waals surface area contributed by atoms with Gasteiger partial charge in [-0.3, -0.25) is 0 Å². The van der Waals surface area contributed by atoms with E-state index in [0.717, 1.165) is 17.1 Å². The van der Waals surface area contributed by atoms with E-state index in [4.69, 9.17) is 5.73 Å². The first-order valence-corrected chi connectivity index (χ1v) is 6.48. The molecule has 3 heteroatoms. The Morgan fingerprint density at radius 1 is 1.35 bits per heavy atom. The summed E-state index contributed by atoms with van der Waals surface area (Å²) in [4.78, 5) is 4.45. The predicted octanol–water partition coefficient (Wildman–Crippen LogP) is 3.37. The van der Waals surface area contributed by atoms with Crippen LogP contribution in [0.25, 0.3) is 11.0 Å². The number of hydrogen-bond acceptors (Lipinski definition) is 2. The maximum absolute atomic E-state index is 5.78. The molecule has 0 aliphatic heterocycles. The molecule has 0 saturated heterocycles. The van der Waals surface area contributed by atoms with Crippen LogP contribution in [0, 0.1) is 5.92 Å². The Labute approximate surface area is 102 Å². The third kappa shape index (κ3) is 1.79. The average Bonchev–Trinajstić information content (AvgIpc) is 2.96. The van der Waals surface area contributed by atoms with E-state index in [2.05, 4.69) is 22.5 Å². The highest BCUT2D eigenvalue weighted by Gasteiger charge is 2.23.